The van der Waals surface area contributed by atoms with E-state index in [1.165, 1.54) is 49.6 Å². The van der Waals surface area contributed by atoms with Crippen molar-refractivity contribution in [2.75, 3.05) is 0 Å². The van der Waals surface area contributed by atoms with Crippen LogP contribution in [0.1, 0.15) is 45.4 Å². The van der Waals surface area contributed by atoms with Gasteiger partial charge >= 0.3 is 0 Å². The van der Waals surface area contributed by atoms with E-state index in [9.17, 15) is 0 Å². The molecule has 0 aliphatic heterocycles. The van der Waals surface area contributed by atoms with Crippen LogP contribution in [0.25, 0.3) is 21.8 Å². The Balaban J connectivity index is 1.93. The van der Waals surface area contributed by atoms with Gasteiger partial charge in [0, 0.05) is 17.3 Å². The molecule has 0 saturated heterocycles. The van der Waals surface area contributed by atoms with Crippen molar-refractivity contribution in [2.45, 2.75) is 52.0 Å². The zero-order chi connectivity index (χ0) is 16.1. The van der Waals surface area contributed by atoms with Crippen LogP contribution in [0.5, 0.6) is 0 Å². The second-order valence-corrected chi connectivity index (χ2v) is 6.33. The minimum Gasteiger partial charge on any atom is -0.340 e. The molecule has 0 unspecified atom stereocenters. The Labute approximate surface area is 138 Å². The quantitative estimate of drug-likeness (QED) is 0.432. The monoisotopic (exact) mass is 306 g/mol. The number of fused-ring (bicyclic) bond motifs is 2. The van der Waals surface area contributed by atoms with Gasteiger partial charge in [0.1, 0.15) is 0 Å². The van der Waals surface area contributed by atoms with Crippen molar-refractivity contribution in [3.63, 3.8) is 0 Å². The molecule has 1 N–H and O–H groups in total. The Morgan fingerprint density at radius 2 is 1.26 bits per heavy atom. The number of rotatable bonds is 7. The number of hydrogen-bond donors (Lipinski definition) is 1. The summed E-state index contributed by atoms with van der Waals surface area (Å²) in [6, 6.07) is 16.7. The smallest absolute Gasteiger partial charge is 0.0726 e. The fourth-order valence-corrected chi connectivity index (χ4v) is 3.41. The number of benzene rings is 2. The summed E-state index contributed by atoms with van der Waals surface area (Å²) in [5.74, 6) is 0. The predicted molar refractivity (Wildman–Crippen MR) is 98.7 cm³/mol. The highest BCUT2D eigenvalue weighted by Gasteiger charge is 2.07. The molecule has 0 fully saturated rings. The molecule has 3 rings (SSSR count). The number of unbranched alkanes of at least 4 members (excludes halogenated alkanes) is 5. The van der Waals surface area contributed by atoms with Gasteiger partial charge in [0.2, 0.25) is 0 Å². The lowest BCUT2D eigenvalue weighted by Gasteiger charge is -2.16. The van der Waals surface area contributed by atoms with Crippen molar-refractivity contribution in [2.24, 2.45) is 0 Å². The number of hydrogen-bond acceptors (Lipinski definition) is 1. The van der Waals surface area contributed by atoms with Crippen molar-refractivity contribution < 1.29 is 0 Å². The second-order valence-electron chi connectivity index (χ2n) is 6.33. The summed E-state index contributed by atoms with van der Waals surface area (Å²) >= 11 is 0. The molecule has 23 heavy (non-hydrogen) atoms. The summed E-state index contributed by atoms with van der Waals surface area (Å²) in [5, 5.41) is 11.3. The lowest BCUT2D eigenvalue weighted by atomic mass is 10.1. The highest BCUT2D eigenvalue weighted by molar-refractivity contribution is 5.92. The minimum absolute atomic E-state index is 0.649. The molecular formula is C21H26N2. The zero-order valence-electron chi connectivity index (χ0n) is 14.0. The molecule has 0 bridgehead atoms. The van der Waals surface area contributed by atoms with Gasteiger partial charge in [-0.2, -0.15) is 0 Å². The van der Waals surface area contributed by atoms with E-state index >= 15 is 0 Å². The summed E-state index contributed by atoms with van der Waals surface area (Å²) in [6.07, 6.45) is 7.84. The lowest BCUT2D eigenvalue weighted by Crippen LogP contribution is -2.11. The van der Waals surface area contributed by atoms with E-state index in [-0.39, 0.29) is 0 Å². The molecule has 0 saturated carbocycles. The summed E-state index contributed by atoms with van der Waals surface area (Å²) in [6.45, 7) is 3.30. The predicted octanol–water partition coefficient (Wildman–Crippen LogP) is 5.63. The molecular weight excluding hydrogens is 280 g/mol. The zero-order valence-corrected chi connectivity index (χ0v) is 14.0. The first-order valence-electron chi connectivity index (χ1n) is 8.88. The van der Waals surface area contributed by atoms with E-state index in [0.717, 1.165) is 17.3 Å². The Hall–Kier alpha value is -2.09. The van der Waals surface area contributed by atoms with Crippen LogP contribution in [0, 0.1) is 5.41 Å². The maximum absolute atomic E-state index is 8.50. The highest BCUT2D eigenvalue weighted by atomic mass is 15.0. The number of pyridine rings is 1. The van der Waals surface area contributed by atoms with E-state index in [0.29, 0.717) is 5.36 Å². The largest absolute Gasteiger partial charge is 0.340 e. The number of nitrogens with zero attached hydrogens (tertiary/aromatic N) is 1. The molecule has 3 aromatic rings. The van der Waals surface area contributed by atoms with Crippen molar-refractivity contribution in [1.82, 2.24) is 4.57 Å². The van der Waals surface area contributed by atoms with Crippen LogP contribution in [-0.4, -0.2) is 4.57 Å². The summed E-state index contributed by atoms with van der Waals surface area (Å²) in [4.78, 5) is 0. The molecule has 0 aliphatic rings. The third kappa shape index (κ3) is 3.31. The Kier molecular flexibility index (Phi) is 5.12. The SMILES string of the molecule is CCCCCCCCn1c2ccccc2c(=N)c2ccccc21. The van der Waals surface area contributed by atoms with Gasteiger partial charge in [0.25, 0.3) is 0 Å². The molecule has 0 spiro atoms. The second kappa shape index (κ2) is 7.45. The van der Waals surface area contributed by atoms with Gasteiger partial charge in [0.05, 0.1) is 16.4 Å². The van der Waals surface area contributed by atoms with Crippen molar-refractivity contribution in [1.29, 1.82) is 5.41 Å². The average molecular weight is 306 g/mol. The van der Waals surface area contributed by atoms with Gasteiger partial charge < -0.3 is 4.57 Å². The highest BCUT2D eigenvalue weighted by Crippen LogP contribution is 2.20. The Morgan fingerprint density at radius 1 is 0.739 bits per heavy atom. The van der Waals surface area contributed by atoms with Crippen LogP contribution in [0.15, 0.2) is 48.5 Å². The van der Waals surface area contributed by atoms with E-state index in [4.69, 9.17) is 5.41 Å². The van der Waals surface area contributed by atoms with Gasteiger partial charge in [-0.1, -0.05) is 75.4 Å². The van der Waals surface area contributed by atoms with E-state index in [1.54, 1.807) is 0 Å². The number of aromatic nitrogens is 1. The van der Waals surface area contributed by atoms with Crippen LogP contribution < -0.4 is 5.36 Å². The first kappa shape index (κ1) is 15.8. The first-order chi connectivity index (χ1) is 11.3. The van der Waals surface area contributed by atoms with Crippen molar-refractivity contribution in [3.8, 4) is 0 Å². The van der Waals surface area contributed by atoms with Crippen LogP contribution in [0.4, 0.5) is 0 Å². The van der Waals surface area contributed by atoms with E-state index < -0.39 is 0 Å². The molecule has 1 heterocycles. The number of para-hydroxylation sites is 2. The number of aryl methyl sites for hydroxylation is 1. The normalized spacial score (nSPS) is 11.3. The van der Waals surface area contributed by atoms with E-state index in [2.05, 4.69) is 47.9 Å². The van der Waals surface area contributed by atoms with Gasteiger partial charge in [-0.05, 0) is 18.6 Å². The molecule has 120 valence electrons. The molecule has 2 nitrogen and oxygen atoms in total. The Morgan fingerprint density at radius 3 is 1.87 bits per heavy atom. The standard InChI is InChI=1S/C21H26N2/c1-2-3-4-5-6-11-16-23-19-14-9-7-12-17(19)21(22)18-13-8-10-15-20(18)23/h7-10,12-15,22H,2-6,11,16H2,1H3. The fraction of sp³-hybridized carbons (Fsp3) is 0.381. The van der Waals surface area contributed by atoms with Gasteiger partial charge in [-0.25, -0.2) is 0 Å². The molecule has 2 heteroatoms. The summed E-state index contributed by atoms with van der Waals surface area (Å²) in [7, 11) is 0. The fourth-order valence-electron chi connectivity index (χ4n) is 3.41. The first-order valence-corrected chi connectivity index (χ1v) is 8.88. The van der Waals surface area contributed by atoms with Crippen LogP contribution in [-0.2, 0) is 6.54 Å². The Bertz CT molecular complexity index is 785. The van der Waals surface area contributed by atoms with E-state index in [1.807, 2.05) is 12.1 Å². The summed E-state index contributed by atoms with van der Waals surface area (Å²) in [5.41, 5.74) is 2.37. The van der Waals surface area contributed by atoms with Crippen molar-refractivity contribution in [3.05, 3.63) is 53.9 Å². The molecule has 2 aromatic carbocycles. The number of nitrogens with one attached hydrogen (secondary N) is 1. The molecule has 0 radical (unpaired) electrons. The maximum Gasteiger partial charge on any atom is 0.0726 e. The summed E-state index contributed by atoms with van der Waals surface area (Å²) < 4.78 is 2.41. The van der Waals surface area contributed by atoms with Crippen LogP contribution in [0.2, 0.25) is 0 Å². The lowest BCUT2D eigenvalue weighted by molar-refractivity contribution is 0.570. The molecule has 0 aliphatic carbocycles. The van der Waals surface area contributed by atoms with Crippen LogP contribution >= 0.6 is 0 Å². The third-order valence-electron chi connectivity index (χ3n) is 4.66. The van der Waals surface area contributed by atoms with Gasteiger partial charge in [-0.3, -0.25) is 5.41 Å². The molecule has 0 amide bonds. The third-order valence-corrected chi connectivity index (χ3v) is 4.66. The van der Waals surface area contributed by atoms with Crippen LogP contribution in [0.3, 0.4) is 0 Å². The van der Waals surface area contributed by atoms with Crippen molar-refractivity contribution >= 4 is 21.8 Å². The molecule has 1 aromatic heterocycles. The topological polar surface area (TPSA) is 28.8 Å². The average Bonchev–Trinajstić information content (AvgIpc) is 2.60. The van der Waals surface area contributed by atoms with Gasteiger partial charge in [0.15, 0.2) is 0 Å². The molecule has 0 atom stereocenters. The van der Waals surface area contributed by atoms with Gasteiger partial charge in [-0.15, -0.1) is 0 Å². The maximum atomic E-state index is 8.50. The minimum atomic E-state index is 0.649.